The minimum absolute atomic E-state index is 0.911. The molecule has 2 aliphatic rings. The lowest BCUT2D eigenvalue weighted by Crippen LogP contribution is -2.20. The Hall–Kier alpha value is -0.0400. The van der Waals surface area contributed by atoms with E-state index in [2.05, 4.69) is 5.32 Å². The van der Waals surface area contributed by atoms with E-state index in [1.165, 1.54) is 32.2 Å². The van der Waals surface area contributed by atoms with Crippen molar-refractivity contribution in [2.24, 2.45) is 5.92 Å². The predicted octanol–water partition coefficient (Wildman–Crippen LogP) is 1.15. The fourth-order valence-electron chi connectivity index (χ4n) is 2.00. The van der Waals surface area contributed by atoms with Crippen LogP contribution >= 0.6 is 0 Å². The van der Waals surface area contributed by atoms with Crippen LogP contribution < -0.4 is 5.32 Å². The normalized spacial score (nSPS) is 45.0. The average Bonchev–Trinajstić information content (AvgIpc) is 2.12. The number of fused-ring (bicyclic) bond motifs is 2. The highest BCUT2D eigenvalue weighted by atomic mass is 15.0. The maximum Gasteiger partial charge on any atom is 0.00702 e. The van der Waals surface area contributed by atoms with E-state index in [9.17, 15) is 0 Å². The van der Waals surface area contributed by atoms with Crippen LogP contribution in [0.15, 0.2) is 0 Å². The first-order valence-corrected chi connectivity index (χ1v) is 3.68. The van der Waals surface area contributed by atoms with Crippen LogP contribution in [0.2, 0.25) is 0 Å². The molecule has 2 rings (SSSR count). The topological polar surface area (TPSA) is 12.0 Å². The number of hydrogen-bond donors (Lipinski definition) is 1. The maximum atomic E-state index is 3.52. The molecule has 0 aromatic heterocycles. The van der Waals surface area contributed by atoms with Gasteiger partial charge in [-0.05, 0) is 31.7 Å². The molecule has 1 saturated heterocycles. The highest BCUT2D eigenvalue weighted by molar-refractivity contribution is 4.85. The summed E-state index contributed by atoms with van der Waals surface area (Å²) in [7, 11) is 0. The summed E-state index contributed by atoms with van der Waals surface area (Å²) in [5, 5.41) is 3.52. The summed E-state index contributed by atoms with van der Waals surface area (Å²) in [6.07, 6.45) is 5.88. The summed E-state index contributed by atoms with van der Waals surface area (Å²) in [6, 6.07) is 0.911. The van der Waals surface area contributed by atoms with Gasteiger partial charge in [-0.15, -0.1) is 0 Å². The molecular formula is C7H13N. The Kier molecular flexibility index (Phi) is 1.04. The third-order valence-electron chi connectivity index (χ3n) is 2.48. The van der Waals surface area contributed by atoms with Crippen molar-refractivity contribution in [1.82, 2.24) is 5.32 Å². The molecule has 8 heavy (non-hydrogen) atoms. The molecule has 2 fully saturated rings. The van der Waals surface area contributed by atoms with Crippen LogP contribution in [0.25, 0.3) is 0 Å². The first kappa shape index (κ1) is 4.80. The fraction of sp³-hybridized carbons (Fsp3) is 1.00. The molecule has 1 heteroatoms. The van der Waals surface area contributed by atoms with Crippen LogP contribution in [0.5, 0.6) is 0 Å². The smallest absolute Gasteiger partial charge is 0.00702 e. The van der Waals surface area contributed by atoms with E-state index in [0.717, 1.165) is 12.0 Å². The van der Waals surface area contributed by atoms with Crippen LogP contribution in [0.4, 0.5) is 0 Å². The molecule has 1 unspecified atom stereocenters. The molecule has 1 aliphatic heterocycles. The Morgan fingerprint density at radius 2 is 2.25 bits per heavy atom. The molecule has 1 nitrogen and oxygen atoms in total. The highest BCUT2D eigenvalue weighted by Crippen LogP contribution is 2.28. The quantitative estimate of drug-likeness (QED) is 0.494. The third kappa shape index (κ3) is 0.655. The second-order valence-electron chi connectivity index (χ2n) is 3.14. The Morgan fingerprint density at radius 1 is 1.25 bits per heavy atom. The van der Waals surface area contributed by atoms with Crippen molar-refractivity contribution in [2.45, 2.75) is 31.7 Å². The lowest BCUT2D eigenvalue weighted by atomic mass is 9.91. The van der Waals surface area contributed by atoms with E-state index < -0.39 is 0 Å². The van der Waals surface area contributed by atoms with Gasteiger partial charge in [0.05, 0.1) is 0 Å². The van der Waals surface area contributed by atoms with Crippen LogP contribution in [0.3, 0.4) is 0 Å². The molecule has 1 aliphatic carbocycles. The van der Waals surface area contributed by atoms with E-state index in [4.69, 9.17) is 0 Å². The Balaban J connectivity index is 2.03. The summed E-state index contributed by atoms with van der Waals surface area (Å²) in [5.41, 5.74) is 0. The van der Waals surface area contributed by atoms with Gasteiger partial charge in [-0.2, -0.15) is 0 Å². The van der Waals surface area contributed by atoms with E-state index in [1.54, 1.807) is 0 Å². The summed E-state index contributed by atoms with van der Waals surface area (Å²) < 4.78 is 0. The largest absolute Gasteiger partial charge is 0.314 e. The van der Waals surface area contributed by atoms with Crippen LogP contribution in [0, 0.1) is 5.92 Å². The van der Waals surface area contributed by atoms with E-state index in [1.807, 2.05) is 0 Å². The van der Waals surface area contributed by atoms with Gasteiger partial charge in [0.15, 0.2) is 0 Å². The lowest BCUT2D eigenvalue weighted by molar-refractivity contribution is 0.410. The molecule has 46 valence electrons. The van der Waals surface area contributed by atoms with Crippen molar-refractivity contribution >= 4 is 0 Å². The molecule has 0 radical (unpaired) electrons. The first-order chi connectivity index (χ1) is 3.95. The van der Waals surface area contributed by atoms with Crippen molar-refractivity contribution < 1.29 is 0 Å². The summed E-state index contributed by atoms with van der Waals surface area (Å²) in [4.78, 5) is 0. The molecule has 0 aromatic rings. The van der Waals surface area contributed by atoms with Crippen molar-refractivity contribution in [1.29, 1.82) is 0 Å². The van der Waals surface area contributed by atoms with Crippen molar-refractivity contribution in [3.8, 4) is 0 Å². The second kappa shape index (κ2) is 1.73. The van der Waals surface area contributed by atoms with Gasteiger partial charge in [-0.3, -0.25) is 0 Å². The van der Waals surface area contributed by atoms with Crippen molar-refractivity contribution in [3.63, 3.8) is 0 Å². The van der Waals surface area contributed by atoms with Gasteiger partial charge in [0.25, 0.3) is 0 Å². The summed E-state index contributed by atoms with van der Waals surface area (Å²) in [6.45, 7) is 1.31. The van der Waals surface area contributed by atoms with E-state index >= 15 is 0 Å². The number of nitrogens with one attached hydrogen (secondary N) is 1. The van der Waals surface area contributed by atoms with Gasteiger partial charge < -0.3 is 5.32 Å². The number of hydrogen-bond acceptors (Lipinski definition) is 1. The Labute approximate surface area is 50.5 Å². The minimum Gasteiger partial charge on any atom is -0.314 e. The molecule has 0 spiro atoms. The SMILES string of the molecule is C1CC2C[C@H](C1)CN2. The zero-order valence-electron chi connectivity index (χ0n) is 5.19. The number of rotatable bonds is 0. The van der Waals surface area contributed by atoms with Crippen molar-refractivity contribution in [3.05, 3.63) is 0 Å². The van der Waals surface area contributed by atoms with Gasteiger partial charge in [0, 0.05) is 6.04 Å². The van der Waals surface area contributed by atoms with Crippen LogP contribution in [-0.2, 0) is 0 Å². The zero-order chi connectivity index (χ0) is 5.40. The maximum absolute atomic E-state index is 3.52. The van der Waals surface area contributed by atoms with Crippen molar-refractivity contribution in [2.75, 3.05) is 6.54 Å². The molecule has 0 amide bonds. The molecule has 2 atom stereocenters. The second-order valence-corrected chi connectivity index (χ2v) is 3.14. The fourth-order valence-corrected chi connectivity index (χ4v) is 2.00. The lowest BCUT2D eigenvalue weighted by Gasteiger charge is -2.15. The van der Waals surface area contributed by atoms with E-state index in [-0.39, 0.29) is 0 Å². The summed E-state index contributed by atoms with van der Waals surface area (Å²) in [5.74, 6) is 1.05. The molecule has 1 N–H and O–H groups in total. The Bertz CT molecular complexity index is 76.4. The van der Waals surface area contributed by atoms with Gasteiger partial charge in [0.1, 0.15) is 0 Å². The standard InChI is InChI=1S/C7H13N/c1-2-6-4-7(3-1)8-5-6/h6-8H,1-5H2/t6-,7?/m0/s1. The van der Waals surface area contributed by atoms with Gasteiger partial charge in [-0.1, -0.05) is 6.42 Å². The molecule has 2 bridgehead atoms. The van der Waals surface area contributed by atoms with Gasteiger partial charge in [0.2, 0.25) is 0 Å². The van der Waals surface area contributed by atoms with Gasteiger partial charge >= 0.3 is 0 Å². The zero-order valence-corrected chi connectivity index (χ0v) is 5.19. The first-order valence-electron chi connectivity index (χ1n) is 3.68. The highest BCUT2D eigenvalue weighted by Gasteiger charge is 2.27. The van der Waals surface area contributed by atoms with Crippen LogP contribution in [-0.4, -0.2) is 12.6 Å². The molecule has 0 aromatic carbocycles. The Morgan fingerprint density at radius 3 is 3.00 bits per heavy atom. The predicted molar refractivity (Wildman–Crippen MR) is 33.7 cm³/mol. The van der Waals surface area contributed by atoms with E-state index in [0.29, 0.717) is 0 Å². The summed E-state index contributed by atoms with van der Waals surface area (Å²) >= 11 is 0. The van der Waals surface area contributed by atoms with Crippen LogP contribution in [0.1, 0.15) is 25.7 Å². The monoisotopic (exact) mass is 111 g/mol. The molecular weight excluding hydrogens is 98.1 g/mol. The van der Waals surface area contributed by atoms with Gasteiger partial charge in [-0.25, -0.2) is 0 Å². The molecule has 1 saturated carbocycles. The third-order valence-corrected chi connectivity index (χ3v) is 2.48. The minimum atomic E-state index is 0.911. The average molecular weight is 111 g/mol. The molecule has 1 heterocycles.